The van der Waals surface area contributed by atoms with E-state index < -0.39 is 0 Å². The van der Waals surface area contributed by atoms with Gasteiger partial charge in [-0.1, -0.05) is 53.9 Å². The summed E-state index contributed by atoms with van der Waals surface area (Å²) in [5.74, 6) is 5.91. The molecule has 0 aliphatic rings. The molecule has 0 aliphatic heterocycles. The predicted octanol–water partition coefficient (Wildman–Crippen LogP) is 5.83. The Bertz CT molecular complexity index is 1580. The maximum Gasteiger partial charge on any atom is 0.250 e. The van der Waals surface area contributed by atoms with Gasteiger partial charge in [0.25, 0.3) is 5.56 Å². The summed E-state index contributed by atoms with van der Waals surface area (Å²) in [4.78, 5) is 24.3. The summed E-state index contributed by atoms with van der Waals surface area (Å²) < 4.78 is 0. The summed E-state index contributed by atoms with van der Waals surface area (Å²) in [6.45, 7) is 1.75. The molecule has 5 rings (SSSR count). The van der Waals surface area contributed by atoms with E-state index in [2.05, 4.69) is 27.9 Å². The third-order valence-corrected chi connectivity index (χ3v) is 5.39. The third kappa shape index (κ3) is 3.46. The fourth-order valence-corrected chi connectivity index (χ4v) is 4.03. The monoisotopic (exact) mass is 421 g/mol. The molecule has 4 nitrogen and oxygen atoms in total. The number of aromatic amines is 1. The molecule has 0 bridgehead atoms. The highest BCUT2D eigenvalue weighted by molar-refractivity contribution is 6.35. The molecule has 148 valence electrons. The number of aromatic nitrogens is 3. The zero-order valence-electron chi connectivity index (χ0n) is 16.6. The molecule has 0 saturated heterocycles. The second-order valence-electron chi connectivity index (χ2n) is 7.10. The molecule has 0 unspecified atom stereocenters. The Morgan fingerprint density at radius 1 is 0.968 bits per heavy atom. The molecule has 0 fully saturated rings. The summed E-state index contributed by atoms with van der Waals surface area (Å²) in [5, 5.41) is 2.30. The summed E-state index contributed by atoms with van der Waals surface area (Å²) >= 11 is 6.58. The normalized spacial score (nSPS) is 10.8. The lowest BCUT2D eigenvalue weighted by Gasteiger charge is -2.13. The van der Waals surface area contributed by atoms with E-state index in [1.54, 1.807) is 13.1 Å². The van der Waals surface area contributed by atoms with Gasteiger partial charge in [-0.15, -0.1) is 5.92 Å². The lowest BCUT2D eigenvalue weighted by molar-refractivity contribution is 1.23. The van der Waals surface area contributed by atoms with Crippen molar-refractivity contribution < 1.29 is 0 Å². The van der Waals surface area contributed by atoms with Crippen LogP contribution in [-0.4, -0.2) is 15.0 Å². The van der Waals surface area contributed by atoms with E-state index in [0.717, 1.165) is 38.7 Å². The first-order valence-electron chi connectivity index (χ1n) is 9.75. The number of fused-ring (bicyclic) bond motifs is 2. The Morgan fingerprint density at radius 3 is 2.61 bits per heavy atom. The molecular weight excluding hydrogens is 406 g/mol. The first-order valence-corrected chi connectivity index (χ1v) is 10.1. The van der Waals surface area contributed by atoms with Crippen LogP contribution >= 0.6 is 11.6 Å². The van der Waals surface area contributed by atoms with Crippen molar-refractivity contribution in [1.29, 1.82) is 0 Å². The minimum absolute atomic E-state index is 0.232. The van der Waals surface area contributed by atoms with Gasteiger partial charge in [0, 0.05) is 39.7 Å². The Morgan fingerprint density at radius 2 is 1.81 bits per heavy atom. The summed E-state index contributed by atoms with van der Waals surface area (Å²) in [5.41, 5.74) is 5.18. The Kier molecular flexibility index (Phi) is 4.74. The quantitative estimate of drug-likeness (QED) is 0.365. The van der Waals surface area contributed by atoms with Gasteiger partial charge in [0.05, 0.1) is 16.2 Å². The minimum Gasteiger partial charge on any atom is -0.306 e. The summed E-state index contributed by atoms with van der Waals surface area (Å²) in [7, 11) is 0. The van der Waals surface area contributed by atoms with Gasteiger partial charge in [-0.3, -0.25) is 9.78 Å². The van der Waals surface area contributed by atoms with E-state index in [4.69, 9.17) is 16.6 Å². The van der Waals surface area contributed by atoms with Crippen LogP contribution in [0.2, 0.25) is 5.02 Å². The minimum atomic E-state index is -0.232. The van der Waals surface area contributed by atoms with Gasteiger partial charge in [-0.2, -0.15) is 0 Å². The van der Waals surface area contributed by atoms with Crippen molar-refractivity contribution in [3.05, 3.63) is 93.9 Å². The van der Waals surface area contributed by atoms with Gasteiger partial charge in [-0.05, 0) is 36.8 Å². The Labute approximate surface area is 183 Å². The molecule has 5 heteroatoms. The first kappa shape index (κ1) is 19.0. The third-order valence-electron chi connectivity index (χ3n) is 5.11. The van der Waals surface area contributed by atoms with Crippen molar-refractivity contribution >= 4 is 33.5 Å². The molecule has 1 N–H and O–H groups in total. The zero-order valence-corrected chi connectivity index (χ0v) is 17.4. The Hall–Kier alpha value is -3.94. The molecule has 3 heterocycles. The van der Waals surface area contributed by atoms with E-state index in [-0.39, 0.29) is 5.56 Å². The van der Waals surface area contributed by atoms with Crippen molar-refractivity contribution in [2.24, 2.45) is 0 Å². The van der Waals surface area contributed by atoms with Crippen LogP contribution in [-0.2, 0) is 0 Å². The number of halogens is 1. The van der Waals surface area contributed by atoms with Crippen molar-refractivity contribution in [2.45, 2.75) is 6.92 Å². The number of rotatable bonds is 2. The van der Waals surface area contributed by atoms with E-state index in [1.807, 2.05) is 54.6 Å². The number of nitrogens with one attached hydrogen (secondary N) is 1. The van der Waals surface area contributed by atoms with Gasteiger partial charge in [0.15, 0.2) is 0 Å². The molecular formula is C26H16ClN3O. The van der Waals surface area contributed by atoms with Crippen LogP contribution in [0, 0.1) is 11.8 Å². The number of benzene rings is 2. The highest BCUT2D eigenvalue weighted by Crippen LogP contribution is 2.36. The largest absolute Gasteiger partial charge is 0.306 e. The number of hydrogen-bond acceptors (Lipinski definition) is 3. The molecule has 0 radical (unpaired) electrons. The van der Waals surface area contributed by atoms with Crippen LogP contribution in [0.5, 0.6) is 0 Å². The van der Waals surface area contributed by atoms with Crippen LogP contribution in [0.15, 0.2) is 77.7 Å². The van der Waals surface area contributed by atoms with E-state index in [9.17, 15) is 4.79 Å². The average molecular weight is 422 g/mol. The van der Waals surface area contributed by atoms with Gasteiger partial charge in [0.1, 0.15) is 5.65 Å². The van der Waals surface area contributed by atoms with E-state index in [0.29, 0.717) is 16.2 Å². The number of hydrogen-bond donors (Lipinski definition) is 1. The first-order chi connectivity index (χ1) is 15.1. The van der Waals surface area contributed by atoms with Crippen LogP contribution < -0.4 is 5.56 Å². The van der Waals surface area contributed by atoms with Crippen molar-refractivity contribution in [3.63, 3.8) is 0 Å². The molecule has 0 saturated carbocycles. The van der Waals surface area contributed by atoms with Crippen LogP contribution in [0.25, 0.3) is 44.3 Å². The topological polar surface area (TPSA) is 58.6 Å². The van der Waals surface area contributed by atoms with Crippen LogP contribution in [0.4, 0.5) is 0 Å². The maximum absolute atomic E-state index is 12.2. The molecule has 0 spiro atoms. The Balaban J connectivity index is 1.89. The number of H-pyrrole nitrogens is 1. The lowest BCUT2D eigenvalue weighted by Crippen LogP contribution is -2.07. The van der Waals surface area contributed by atoms with Crippen molar-refractivity contribution in [1.82, 2.24) is 15.0 Å². The van der Waals surface area contributed by atoms with Crippen LogP contribution in [0.1, 0.15) is 12.5 Å². The fraction of sp³-hybridized carbons (Fsp3) is 0.0385. The van der Waals surface area contributed by atoms with Gasteiger partial charge < -0.3 is 4.98 Å². The summed E-state index contributed by atoms with van der Waals surface area (Å²) in [6.07, 6.45) is 1.73. The molecule has 3 aromatic heterocycles. The second-order valence-corrected chi connectivity index (χ2v) is 7.51. The molecule has 31 heavy (non-hydrogen) atoms. The van der Waals surface area contributed by atoms with Crippen LogP contribution in [0.3, 0.4) is 0 Å². The predicted molar refractivity (Wildman–Crippen MR) is 126 cm³/mol. The highest BCUT2D eigenvalue weighted by Gasteiger charge is 2.15. The van der Waals surface area contributed by atoms with Gasteiger partial charge >= 0.3 is 0 Å². The molecule has 0 atom stereocenters. The van der Waals surface area contributed by atoms with Crippen molar-refractivity contribution in [2.75, 3.05) is 0 Å². The number of pyridine rings is 3. The highest BCUT2D eigenvalue weighted by atomic mass is 35.5. The van der Waals surface area contributed by atoms with Gasteiger partial charge in [0.2, 0.25) is 0 Å². The van der Waals surface area contributed by atoms with E-state index in [1.165, 1.54) is 6.07 Å². The van der Waals surface area contributed by atoms with Gasteiger partial charge in [-0.25, -0.2) is 4.98 Å². The fourth-order valence-electron chi connectivity index (χ4n) is 3.75. The van der Waals surface area contributed by atoms with E-state index >= 15 is 0 Å². The average Bonchev–Trinajstić information content (AvgIpc) is 2.79. The SMILES string of the molecule is CC#Cc1cc(=O)[nH]c2nc(-c3ccccc3)c(-c3cc(Cl)c4ncccc4c3)cc12. The molecule has 5 aromatic rings. The second kappa shape index (κ2) is 7.71. The maximum atomic E-state index is 12.2. The van der Waals surface area contributed by atoms with Crippen molar-refractivity contribution in [3.8, 4) is 34.2 Å². The molecule has 0 aliphatic carbocycles. The summed E-state index contributed by atoms with van der Waals surface area (Å²) in [6, 6.07) is 21.2. The molecule has 0 amide bonds. The smallest absolute Gasteiger partial charge is 0.250 e. The standard InChI is InChI=1S/C26H16ClN3O/c1-2-7-17-14-23(31)29-26-21(17)15-20(24(30-26)16-8-4-3-5-9-16)19-12-18-10-6-11-28-25(18)22(27)13-19/h3-6,8-15H,1H3,(H,29,30,31). The lowest BCUT2D eigenvalue weighted by atomic mass is 9.96. The zero-order chi connectivity index (χ0) is 21.4. The number of nitrogens with zero attached hydrogens (tertiary/aromatic N) is 2. The molecule has 2 aromatic carbocycles.